The van der Waals surface area contributed by atoms with Crippen LogP contribution in [0.3, 0.4) is 0 Å². The lowest BCUT2D eigenvalue weighted by atomic mass is 9.92. The van der Waals surface area contributed by atoms with E-state index in [0.29, 0.717) is 5.56 Å². The molecule has 0 unspecified atom stereocenters. The molecule has 18 heavy (non-hydrogen) atoms. The van der Waals surface area contributed by atoms with E-state index < -0.39 is 11.6 Å². The smallest absolute Gasteiger partial charge is 0.133 e. The van der Waals surface area contributed by atoms with E-state index in [4.69, 9.17) is 0 Å². The summed E-state index contributed by atoms with van der Waals surface area (Å²) < 4.78 is 27.7. The normalized spacial score (nSPS) is 13.9. The lowest BCUT2D eigenvalue weighted by Gasteiger charge is -2.21. The minimum absolute atomic E-state index is 0.0815. The molecule has 0 atom stereocenters. The number of rotatable bonds is 1. The molecule has 0 amide bonds. The average molecular weight is 245 g/mol. The Kier molecular flexibility index (Phi) is 2.74. The first-order valence-electron chi connectivity index (χ1n) is 6.07. The molecule has 1 aliphatic rings. The van der Waals surface area contributed by atoms with Gasteiger partial charge < -0.3 is 5.32 Å². The van der Waals surface area contributed by atoms with E-state index >= 15 is 0 Å². The summed E-state index contributed by atoms with van der Waals surface area (Å²) in [6.07, 6.45) is 1.84. The molecule has 0 saturated carbocycles. The van der Waals surface area contributed by atoms with Crippen LogP contribution in [0.1, 0.15) is 12.0 Å². The van der Waals surface area contributed by atoms with Gasteiger partial charge in [0.15, 0.2) is 0 Å². The number of hydrogen-bond acceptors (Lipinski definition) is 1. The minimum atomic E-state index is -0.506. The van der Waals surface area contributed by atoms with Crippen molar-refractivity contribution in [2.75, 3.05) is 11.9 Å². The van der Waals surface area contributed by atoms with Crippen molar-refractivity contribution < 1.29 is 8.78 Å². The summed E-state index contributed by atoms with van der Waals surface area (Å²) in [6, 6.07) is 9.56. The number of benzene rings is 2. The van der Waals surface area contributed by atoms with Crippen LogP contribution in [-0.2, 0) is 6.42 Å². The molecule has 92 valence electrons. The van der Waals surface area contributed by atoms with E-state index in [-0.39, 0.29) is 5.56 Å². The highest BCUT2D eigenvalue weighted by molar-refractivity contribution is 5.75. The molecule has 0 aliphatic carbocycles. The summed E-state index contributed by atoms with van der Waals surface area (Å²) in [5.74, 6) is -1.01. The van der Waals surface area contributed by atoms with Crippen molar-refractivity contribution in [3.8, 4) is 11.1 Å². The zero-order valence-corrected chi connectivity index (χ0v) is 9.84. The van der Waals surface area contributed by atoms with Gasteiger partial charge in [0, 0.05) is 12.2 Å². The van der Waals surface area contributed by atoms with E-state index in [2.05, 4.69) is 5.32 Å². The van der Waals surface area contributed by atoms with Gasteiger partial charge in [-0.05, 0) is 42.2 Å². The second kappa shape index (κ2) is 4.41. The zero-order valence-electron chi connectivity index (χ0n) is 9.84. The van der Waals surface area contributed by atoms with E-state index in [0.717, 1.165) is 30.6 Å². The molecular weight excluding hydrogens is 232 g/mol. The largest absolute Gasteiger partial charge is 0.385 e. The average Bonchev–Trinajstić information content (AvgIpc) is 2.39. The van der Waals surface area contributed by atoms with Gasteiger partial charge in [-0.15, -0.1) is 0 Å². The maximum Gasteiger partial charge on any atom is 0.133 e. The summed E-state index contributed by atoms with van der Waals surface area (Å²) in [5, 5.41) is 3.27. The molecule has 1 N–H and O–H groups in total. The fourth-order valence-electron chi connectivity index (χ4n) is 2.50. The number of hydrogen-bond donors (Lipinski definition) is 1. The van der Waals surface area contributed by atoms with Gasteiger partial charge in [-0.25, -0.2) is 8.78 Å². The number of halogens is 2. The zero-order chi connectivity index (χ0) is 12.5. The van der Waals surface area contributed by atoms with Crippen LogP contribution in [0.25, 0.3) is 11.1 Å². The molecule has 2 aromatic carbocycles. The van der Waals surface area contributed by atoms with Gasteiger partial charge in [-0.3, -0.25) is 0 Å². The van der Waals surface area contributed by atoms with E-state index in [1.165, 1.54) is 18.2 Å². The van der Waals surface area contributed by atoms with E-state index in [9.17, 15) is 8.78 Å². The Morgan fingerprint density at radius 3 is 2.44 bits per heavy atom. The predicted octanol–water partition coefficient (Wildman–Crippen LogP) is 3.99. The van der Waals surface area contributed by atoms with Crippen molar-refractivity contribution in [3.63, 3.8) is 0 Å². The number of nitrogens with one attached hydrogen (secondary N) is 1. The van der Waals surface area contributed by atoms with Gasteiger partial charge in [-0.1, -0.05) is 18.2 Å². The summed E-state index contributed by atoms with van der Waals surface area (Å²) in [5.41, 5.74) is 2.74. The second-order valence-corrected chi connectivity index (χ2v) is 4.46. The van der Waals surface area contributed by atoms with Crippen molar-refractivity contribution in [1.82, 2.24) is 0 Å². The predicted molar refractivity (Wildman–Crippen MR) is 68.6 cm³/mol. The van der Waals surface area contributed by atoms with Crippen LogP contribution in [0, 0.1) is 11.6 Å². The molecule has 1 aliphatic heterocycles. The maximum absolute atomic E-state index is 13.8. The Morgan fingerprint density at radius 2 is 1.67 bits per heavy atom. The molecule has 3 rings (SSSR count). The Labute approximate surface area is 104 Å². The first-order valence-corrected chi connectivity index (χ1v) is 6.07. The van der Waals surface area contributed by atoms with E-state index in [1.807, 2.05) is 12.1 Å². The molecule has 0 aromatic heterocycles. The Balaban J connectivity index is 2.23. The van der Waals surface area contributed by atoms with Gasteiger partial charge >= 0.3 is 0 Å². The molecule has 0 spiro atoms. The van der Waals surface area contributed by atoms with Crippen LogP contribution in [0.2, 0.25) is 0 Å². The number of fused-ring (bicyclic) bond motifs is 1. The molecule has 1 heterocycles. The third kappa shape index (κ3) is 1.76. The van der Waals surface area contributed by atoms with Crippen LogP contribution < -0.4 is 5.32 Å². The van der Waals surface area contributed by atoms with Gasteiger partial charge in [0.25, 0.3) is 0 Å². The van der Waals surface area contributed by atoms with Crippen LogP contribution in [0.15, 0.2) is 36.4 Å². The van der Waals surface area contributed by atoms with Crippen molar-refractivity contribution in [2.24, 2.45) is 0 Å². The Bertz CT molecular complexity index is 573. The maximum atomic E-state index is 13.8. The summed E-state index contributed by atoms with van der Waals surface area (Å²) in [6.45, 7) is 0.913. The van der Waals surface area contributed by atoms with E-state index in [1.54, 1.807) is 6.07 Å². The summed E-state index contributed by atoms with van der Waals surface area (Å²) >= 11 is 0. The molecule has 0 radical (unpaired) electrons. The van der Waals surface area contributed by atoms with Crippen LogP contribution in [0.5, 0.6) is 0 Å². The van der Waals surface area contributed by atoms with Gasteiger partial charge in [0.2, 0.25) is 0 Å². The van der Waals surface area contributed by atoms with Crippen molar-refractivity contribution >= 4 is 5.69 Å². The molecule has 3 heteroatoms. The fourth-order valence-corrected chi connectivity index (χ4v) is 2.50. The molecule has 0 saturated heterocycles. The van der Waals surface area contributed by atoms with Crippen molar-refractivity contribution in [3.05, 3.63) is 53.6 Å². The topological polar surface area (TPSA) is 12.0 Å². The molecule has 0 bridgehead atoms. The minimum Gasteiger partial charge on any atom is -0.385 e. The SMILES string of the molecule is Fc1cccc(F)c1-c1cccc2c1CCCN2. The molecule has 0 fully saturated rings. The van der Waals surface area contributed by atoms with Gasteiger partial charge in [0.1, 0.15) is 11.6 Å². The monoisotopic (exact) mass is 245 g/mol. The quantitative estimate of drug-likeness (QED) is 0.801. The standard InChI is InChI=1S/C15H13F2N/c16-12-6-2-7-13(17)15(12)11-4-1-8-14-10(11)5-3-9-18-14/h1-2,4,6-8,18H,3,5,9H2. The third-order valence-corrected chi connectivity index (χ3v) is 3.33. The highest BCUT2D eigenvalue weighted by Gasteiger charge is 2.18. The number of anilines is 1. The molecule has 1 nitrogen and oxygen atoms in total. The third-order valence-electron chi connectivity index (χ3n) is 3.33. The second-order valence-electron chi connectivity index (χ2n) is 4.46. The van der Waals surface area contributed by atoms with Crippen LogP contribution in [0.4, 0.5) is 14.5 Å². The van der Waals surface area contributed by atoms with Gasteiger partial charge in [-0.2, -0.15) is 0 Å². The lowest BCUT2D eigenvalue weighted by molar-refractivity contribution is 0.589. The Morgan fingerprint density at radius 1 is 0.944 bits per heavy atom. The van der Waals surface area contributed by atoms with Gasteiger partial charge in [0.05, 0.1) is 5.56 Å². The molecular formula is C15H13F2N. The summed E-state index contributed by atoms with van der Waals surface area (Å²) in [7, 11) is 0. The highest BCUT2D eigenvalue weighted by Crippen LogP contribution is 2.35. The first-order chi connectivity index (χ1) is 8.77. The fraction of sp³-hybridized carbons (Fsp3) is 0.200. The lowest BCUT2D eigenvalue weighted by Crippen LogP contribution is -2.12. The van der Waals surface area contributed by atoms with Crippen molar-refractivity contribution in [2.45, 2.75) is 12.8 Å². The Hall–Kier alpha value is -1.90. The highest BCUT2D eigenvalue weighted by atomic mass is 19.1. The van der Waals surface area contributed by atoms with Crippen LogP contribution in [-0.4, -0.2) is 6.54 Å². The van der Waals surface area contributed by atoms with Crippen molar-refractivity contribution in [1.29, 1.82) is 0 Å². The summed E-state index contributed by atoms with van der Waals surface area (Å²) in [4.78, 5) is 0. The first kappa shape index (κ1) is 11.2. The molecule has 2 aromatic rings. The van der Waals surface area contributed by atoms with Crippen LogP contribution >= 0.6 is 0 Å².